The fourth-order valence-electron chi connectivity index (χ4n) is 1.97. The first-order chi connectivity index (χ1) is 11.7. The van der Waals surface area contributed by atoms with Crippen LogP contribution in [0.5, 0.6) is 5.75 Å². The largest absolute Gasteiger partial charge is 0.489 e. The second kappa shape index (κ2) is 7.77. The van der Waals surface area contributed by atoms with Crippen molar-refractivity contribution in [2.75, 3.05) is 13.2 Å². The quantitative estimate of drug-likeness (QED) is 0.446. The molecule has 0 amide bonds. The summed E-state index contributed by atoms with van der Waals surface area (Å²) in [7, 11) is -4.03. The summed E-state index contributed by atoms with van der Waals surface area (Å²) in [6.07, 6.45) is 0. The van der Waals surface area contributed by atoms with Crippen molar-refractivity contribution in [2.45, 2.75) is 11.8 Å². The predicted molar refractivity (Wildman–Crippen MR) is 89.9 cm³/mol. The number of benzene rings is 2. The zero-order chi connectivity index (χ0) is 18.6. The Hall–Kier alpha value is -2.23. The van der Waals surface area contributed by atoms with Crippen molar-refractivity contribution in [1.29, 1.82) is 0 Å². The van der Waals surface area contributed by atoms with Crippen LogP contribution < -0.4 is 9.46 Å². The molecule has 0 heterocycles. The molecule has 10 heteroatoms. The van der Waals surface area contributed by atoms with E-state index in [2.05, 4.69) is 4.72 Å². The summed E-state index contributed by atoms with van der Waals surface area (Å²) in [4.78, 5) is 9.94. The molecule has 0 bridgehead atoms. The number of hydrogen-bond acceptors (Lipinski definition) is 5. The third-order valence-corrected chi connectivity index (χ3v) is 5.12. The zero-order valence-corrected chi connectivity index (χ0v) is 14.6. The van der Waals surface area contributed by atoms with Crippen molar-refractivity contribution in [2.24, 2.45) is 0 Å². The smallest absolute Gasteiger partial charge is 0.275 e. The van der Waals surface area contributed by atoms with Gasteiger partial charge in [0.25, 0.3) is 5.69 Å². The van der Waals surface area contributed by atoms with Crippen LogP contribution in [0.4, 0.5) is 10.1 Å². The van der Waals surface area contributed by atoms with E-state index in [9.17, 15) is 22.9 Å². The highest BCUT2D eigenvalue weighted by Crippen LogP contribution is 2.29. The average molecular weight is 389 g/mol. The number of sulfonamides is 1. The van der Waals surface area contributed by atoms with E-state index >= 15 is 0 Å². The van der Waals surface area contributed by atoms with Crippen LogP contribution >= 0.6 is 11.6 Å². The third-order valence-electron chi connectivity index (χ3n) is 3.29. The number of rotatable bonds is 7. The van der Waals surface area contributed by atoms with Gasteiger partial charge in [0.2, 0.25) is 10.0 Å². The van der Waals surface area contributed by atoms with Crippen LogP contribution in [0.15, 0.2) is 41.3 Å². The third kappa shape index (κ3) is 4.65. The Morgan fingerprint density at radius 1 is 1.32 bits per heavy atom. The molecule has 7 nitrogen and oxygen atoms in total. The molecule has 0 aliphatic heterocycles. The summed E-state index contributed by atoms with van der Waals surface area (Å²) in [6.45, 7) is 1.14. The van der Waals surface area contributed by atoms with Crippen LogP contribution in [0.3, 0.4) is 0 Å². The van der Waals surface area contributed by atoms with Crippen molar-refractivity contribution >= 4 is 27.3 Å². The number of nitro groups is 1. The van der Waals surface area contributed by atoms with Gasteiger partial charge in [0, 0.05) is 18.2 Å². The molecule has 0 saturated heterocycles. The summed E-state index contributed by atoms with van der Waals surface area (Å²) in [5, 5.41) is 10.9. The SMILES string of the molecule is Cc1c(Cl)cc(S(=O)(=O)NCCOc2ccccc2F)cc1[N+](=O)[O-]. The lowest BCUT2D eigenvalue weighted by Gasteiger charge is -2.10. The lowest BCUT2D eigenvalue weighted by molar-refractivity contribution is -0.385. The van der Waals surface area contributed by atoms with Gasteiger partial charge >= 0.3 is 0 Å². The van der Waals surface area contributed by atoms with E-state index in [1.807, 2.05) is 0 Å². The zero-order valence-electron chi connectivity index (χ0n) is 13.0. The Kier molecular flexibility index (Phi) is 5.93. The summed E-state index contributed by atoms with van der Waals surface area (Å²) in [5.41, 5.74) is -0.219. The first-order valence-corrected chi connectivity index (χ1v) is 8.90. The minimum Gasteiger partial charge on any atom is -0.489 e. The number of para-hydroxylation sites is 1. The van der Waals surface area contributed by atoms with E-state index in [1.54, 1.807) is 6.07 Å². The number of halogens is 2. The highest BCUT2D eigenvalue weighted by molar-refractivity contribution is 7.89. The Bertz CT molecular complexity index is 905. The average Bonchev–Trinajstić information content (AvgIpc) is 2.55. The lowest BCUT2D eigenvalue weighted by Crippen LogP contribution is -2.28. The molecule has 2 aromatic carbocycles. The van der Waals surface area contributed by atoms with Gasteiger partial charge in [0.05, 0.1) is 14.8 Å². The molecule has 0 atom stereocenters. The molecular weight excluding hydrogens is 375 g/mol. The van der Waals surface area contributed by atoms with E-state index in [4.69, 9.17) is 16.3 Å². The number of hydrogen-bond donors (Lipinski definition) is 1. The molecule has 0 aromatic heterocycles. The fraction of sp³-hybridized carbons (Fsp3) is 0.200. The molecule has 2 rings (SSSR count). The molecule has 134 valence electrons. The molecule has 0 unspecified atom stereocenters. The minimum absolute atomic E-state index is 0.00397. The van der Waals surface area contributed by atoms with Crippen molar-refractivity contribution in [3.63, 3.8) is 0 Å². The molecule has 0 radical (unpaired) electrons. The highest BCUT2D eigenvalue weighted by atomic mass is 35.5. The van der Waals surface area contributed by atoms with Gasteiger partial charge in [-0.15, -0.1) is 0 Å². The van der Waals surface area contributed by atoms with Gasteiger partial charge in [0.15, 0.2) is 11.6 Å². The maximum absolute atomic E-state index is 13.4. The number of nitrogens with one attached hydrogen (secondary N) is 1. The molecule has 0 fully saturated rings. The fourth-order valence-corrected chi connectivity index (χ4v) is 3.30. The molecule has 0 aliphatic carbocycles. The van der Waals surface area contributed by atoms with Crippen molar-refractivity contribution < 1.29 is 22.5 Å². The Balaban J connectivity index is 2.07. The van der Waals surface area contributed by atoms with E-state index in [1.165, 1.54) is 25.1 Å². The van der Waals surface area contributed by atoms with E-state index in [0.29, 0.717) is 0 Å². The minimum atomic E-state index is -4.03. The highest BCUT2D eigenvalue weighted by Gasteiger charge is 2.22. The van der Waals surface area contributed by atoms with Crippen LogP contribution in [0, 0.1) is 22.9 Å². The standard InChI is InChI=1S/C15H14ClFN2O5S/c1-10-12(16)8-11(9-14(10)19(20)21)25(22,23)18-6-7-24-15-5-3-2-4-13(15)17/h2-5,8-9,18H,6-7H2,1H3. The van der Waals surface area contributed by atoms with Gasteiger partial charge in [-0.25, -0.2) is 17.5 Å². The monoisotopic (exact) mass is 388 g/mol. The van der Waals surface area contributed by atoms with Gasteiger partial charge in [0.1, 0.15) is 6.61 Å². The van der Waals surface area contributed by atoms with Crippen LogP contribution in [-0.4, -0.2) is 26.5 Å². The summed E-state index contributed by atoms with van der Waals surface area (Å²) in [5.74, 6) is -0.568. The first-order valence-electron chi connectivity index (χ1n) is 7.04. The van der Waals surface area contributed by atoms with Crippen LogP contribution in [0.2, 0.25) is 5.02 Å². The Morgan fingerprint density at radius 3 is 2.64 bits per heavy atom. The van der Waals surface area contributed by atoms with Crippen LogP contribution in [0.1, 0.15) is 5.56 Å². The summed E-state index contributed by atoms with van der Waals surface area (Å²) < 4.78 is 45.2. The number of ether oxygens (including phenoxy) is 1. The molecule has 2 aromatic rings. The lowest BCUT2D eigenvalue weighted by atomic mass is 10.2. The molecule has 0 saturated carbocycles. The van der Waals surface area contributed by atoms with Gasteiger partial charge in [-0.05, 0) is 25.1 Å². The van der Waals surface area contributed by atoms with E-state index in [-0.39, 0.29) is 34.4 Å². The van der Waals surface area contributed by atoms with Gasteiger partial charge in [-0.1, -0.05) is 23.7 Å². The van der Waals surface area contributed by atoms with Gasteiger partial charge in [-0.2, -0.15) is 0 Å². The van der Waals surface area contributed by atoms with Gasteiger partial charge < -0.3 is 4.74 Å². The molecule has 1 N–H and O–H groups in total. The molecule has 0 aliphatic rings. The summed E-state index contributed by atoms with van der Waals surface area (Å²) in [6, 6.07) is 7.76. The second-order valence-corrected chi connectivity index (χ2v) is 7.16. The molecule has 25 heavy (non-hydrogen) atoms. The second-order valence-electron chi connectivity index (χ2n) is 4.98. The van der Waals surface area contributed by atoms with Crippen LogP contribution in [-0.2, 0) is 10.0 Å². The number of nitrogens with zero attached hydrogens (tertiary/aromatic N) is 1. The number of nitro benzene ring substituents is 1. The maximum atomic E-state index is 13.4. The van der Waals surface area contributed by atoms with E-state index < -0.39 is 26.5 Å². The topological polar surface area (TPSA) is 98.5 Å². The molecule has 0 spiro atoms. The normalized spacial score (nSPS) is 11.3. The molecular formula is C15H14ClFN2O5S. The Labute approximate surface area is 148 Å². The van der Waals surface area contributed by atoms with Crippen LogP contribution in [0.25, 0.3) is 0 Å². The predicted octanol–water partition coefficient (Wildman–Crippen LogP) is 3.05. The summed E-state index contributed by atoms with van der Waals surface area (Å²) >= 11 is 5.86. The Morgan fingerprint density at radius 2 is 2.00 bits per heavy atom. The van der Waals surface area contributed by atoms with Crippen molar-refractivity contribution in [3.05, 3.63) is 62.9 Å². The van der Waals surface area contributed by atoms with Gasteiger partial charge in [-0.3, -0.25) is 10.1 Å². The van der Waals surface area contributed by atoms with Crippen molar-refractivity contribution in [1.82, 2.24) is 4.72 Å². The van der Waals surface area contributed by atoms with Crippen molar-refractivity contribution in [3.8, 4) is 5.75 Å². The first kappa shape index (κ1) is 19.1. The van der Waals surface area contributed by atoms with E-state index in [0.717, 1.165) is 12.1 Å². The maximum Gasteiger partial charge on any atom is 0.275 e.